The Hall–Kier alpha value is -0.660. The van der Waals surface area contributed by atoms with Gasteiger partial charge in [-0.1, -0.05) is 11.8 Å². The molecule has 7 heteroatoms. The summed E-state index contributed by atoms with van der Waals surface area (Å²) in [6, 6.07) is 0.114. The highest BCUT2D eigenvalue weighted by Crippen LogP contribution is 2.17. The number of aryl methyl sites for hydroxylation is 2. The van der Waals surface area contributed by atoms with Crippen LogP contribution in [0.4, 0.5) is 0 Å². The van der Waals surface area contributed by atoms with Gasteiger partial charge in [0.2, 0.25) is 0 Å². The van der Waals surface area contributed by atoms with Gasteiger partial charge in [0.15, 0.2) is 15.0 Å². The molecule has 0 amide bonds. The standard InChI is InChI=1S/C13H21N3O2S2/c1-9-10(2)15-13(16-11(9)3)19-6-5-14-12-4-7-20(17,18)8-12/h12,14H,4-8H2,1-3H3. The molecule has 1 aromatic rings. The predicted octanol–water partition coefficient (Wildman–Crippen LogP) is 1.27. The van der Waals surface area contributed by atoms with Gasteiger partial charge in [-0.3, -0.25) is 0 Å². The average molecular weight is 315 g/mol. The predicted molar refractivity (Wildman–Crippen MR) is 82.0 cm³/mol. The van der Waals surface area contributed by atoms with Gasteiger partial charge in [0.1, 0.15) is 0 Å². The van der Waals surface area contributed by atoms with Crippen LogP contribution in [0.3, 0.4) is 0 Å². The van der Waals surface area contributed by atoms with E-state index in [0.717, 1.165) is 40.8 Å². The van der Waals surface area contributed by atoms with Crippen LogP contribution >= 0.6 is 11.8 Å². The van der Waals surface area contributed by atoms with Gasteiger partial charge in [-0.25, -0.2) is 18.4 Å². The largest absolute Gasteiger partial charge is 0.312 e. The van der Waals surface area contributed by atoms with Crippen LogP contribution in [0.25, 0.3) is 0 Å². The van der Waals surface area contributed by atoms with E-state index in [1.54, 1.807) is 11.8 Å². The summed E-state index contributed by atoms with van der Waals surface area (Å²) in [6.07, 6.45) is 0.728. The minimum Gasteiger partial charge on any atom is -0.312 e. The van der Waals surface area contributed by atoms with E-state index in [0.29, 0.717) is 5.75 Å². The van der Waals surface area contributed by atoms with Crippen LogP contribution in [-0.4, -0.2) is 48.2 Å². The maximum atomic E-state index is 11.3. The summed E-state index contributed by atoms with van der Waals surface area (Å²) in [5.41, 5.74) is 3.19. The van der Waals surface area contributed by atoms with Crippen LogP contribution in [0.1, 0.15) is 23.4 Å². The Morgan fingerprint density at radius 1 is 1.25 bits per heavy atom. The highest BCUT2D eigenvalue weighted by atomic mass is 32.2. The Balaban J connectivity index is 1.77. The normalized spacial score (nSPS) is 21.2. The van der Waals surface area contributed by atoms with Gasteiger partial charge < -0.3 is 5.32 Å². The molecule has 5 nitrogen and oxygen atoms in total. The second-order valence-electron chi connectivity index (χ2n) is 5.20. The minimum absolute atomic E-state index is 0.114. The van der Waals surface area contributed by atoms with Gasteiger partial charge in [-0.2, -0.15) is 0 Å². The third-order valence-corrected chi connectivity index (χ3v) is 6.23. The van der Waals surface area contributed by atoms with Gasteiger partial charge in [0, 0.05) is 29.7 Å². The van der Waals surface area contributed by atoms with Crippen molar-refractivity contribution in [1.29, 1.82) is 0 Å². The fourth-order valence-electron chi connectivity index (χ4n) is 2.17. The van der Waals surface area contributed by atoms with Crippen molar-refractivity contribution in [1.82, 2.24) is 15.3 Å². The third-order valence-electron chi connectivity index (χ3n) is 3.61. The van der Waals surface area contributed by atoms with Gasteiger partial charge in [-0.15, -0.1) is 0 Å². The number of rotatable bonds is 5. The molecule has 0 aromatic carbocycles. The summed E-state index contributed by atoms with van der Waals surface area (Å²) in [4.78, 5) is 8.91. The summed E-state index contributed by atoms with van der Waals surface area (Å²) >= 11 is 1.61. The summed E-state index contributed by atoms with van der Waals surface area (Å²) in [7, 11) is -2.79. The van der Waals surface area contributed by atoms with E-state index in [1.807, 2.05) is 20.8 Å². The van der Waals surface area contributed by atoms with E-state index in [4.69, 9.17) is 0 Å². The monoisotopic (exact) mass is 315 g/mol. The molecule has 0 bridgehead atoms. The molecule has 1 atom stereocenters. The average Bonchev–Trinajstić information content (AvgIpc) is 2.71. The molecule has 2 rings (SSSR count). The quantitative estimate of drug-likeness (QED) is 0.501. The lowest BCUT2D eigenvalue weighted by atomic mass is 10.2. The molecule has 0 radical (unpaired) electrons. The van der Waals surface area contributed by atoms with Crippen LogP contribution in [-0.2, 0) is 9.84 Å². The zero-order valence-corrected chi connectivity index (χ0v) is 13.8. The minimum atomic E-state index is -2.79. The van der Waals surface area contributed by atoms with E-state index < -0.39 is 9.84 Å². The Kier molecular flexibility index (Phi) is 5.04. The van der Waals surface area contributed by atoms with Crippen LogP contribution in [0, 0.1) is 20.8 Å². The Bertz CT molecular complexity index is 564. The van der Waals surface area contributed by atoms with Gasteiger partial charge in [0.05, 0.1) is 11.5 Å². The topological polar surface area (TPSA) is 72.0 Å². The number of hydrogen-bond donors (Lipinski definition) is 1. The molecular formula is C13H21N3O2S2. The van der Waals surface area contributed by atoms with E-state index in [9.17, 15) is 8.42 Å². The molecule has 0 aliphatic carbocycles. The number of aromatic nitrogens is 2. The van der Waals surface area contributed by atoms with Crippen LogP contribution in [0.15, 0.2) is 5.16 Å². The number of thioether (sulfide) groups is 1. The van der Waals surface area contributed by atoms with Crippen molar-refractivity contribution in [3.8, 4) is 0 Å². The van der Waals surface area contributed by atoms with Crippen molar-refractivity contribution in [3.05, 3.63) is 17.0 Å². The molecule has 112 valence electrons. The third kappa shape index (κ3) is 4.17. The Morgan fingerprint density at radius 2 is 1.90 bits per heavy atom. The first kappa shape index (κ1) is 15.7. The lowest BCUT2D eigenvalue weighted by Gasteiger charge is -2.10. The fraction of sp³-hybridized carbons (Fsp3) is 0.692. The number of nitrogens with one attached hydrogen (secondary N) is 1. The maximum Gasteiger partial charge on any atom is 0.188 e. The van der Waals surface area contributed by atoms with Crippen molar-refractivity contribution >= 4 is 21.6 Å². The summed E-state index contributed by atoms with van der Waals surface area (Å²) < 4.78 is 22.7. The van der Waals surface area contributed by atoms with Crippen molar-refractivity contribution in [2.24, 2.45) is 0 Å². The van der Waals surface area contributed by atoms with Crippen LogP contribution in [0.2, 0.25) is 0 Å². The highest BCUT2D eigenvalue weighted by Gasteiger charge is 2.26. The summed E-state index contributed by atoms with van der Waals surface area (Å²) in [5.74, 6) is 1.44. The molecular weight excluding hydrogens is 294 g/mol. The SMILES string of the molecule is Cc1nc(SCCNC2CCS(=O)(=O)C2)nc(C)c1C. The Labute approximate surface area is 124 Å². The van der Waals surface area contributed by atoms with Crippen LogP contribution in [0.5, 0.6) is 0 Å². The second kappa shape index (κ2) is 6.41. The maximum absolute atomic E-state index is 11.3. The molecule has 1 aromatic heterocycles. The van der Waals surface area contributed by atoms with Crippen molar-refractivity contribution in [3.63, 3.8) is 0 Å². The molecule has 1 aliphatic heterocycles. The first-order chi connectivity index (χ1) is 9.37. The number of sulfone groups is 1. The van der Waals surface area contributed by atoms with E-state index >= 15 is 0 Å². The molecule has 1 unspecified atom stereocenters. The van der Waals surface area contributed by atoms with Crippen molar-refractivity contribution < 1.29 is 8.42 Å². The van der Waals surface area contributed by atoms with E-state index in [-0.39, 0.29) is 11.8 Å². The Morgan fingerprint density at radius 3 is 2.45 bits per heavy atom. The second-order valence-corrected chi connectivity index (χ2v) is 8.50. The van der Waals surface area contributed by atoms with E-state index in [2.05, 4.69) is 15.3 Å². The first-order valence-electron chi connectivity index (χ1n) is 6.76. The molecule has 0 spiro atoms. The molecule has 1 aliphatic rings. The fourth-order valence-corrected chi connectivity index (χ4v) is 4.68. The molecule has 2 heterocycles. The molecule has 1 fully saturated rings. The van der Waals surface area contributed by atoms with Crippen molar-refractivity contribution in [2.45, 2.75) is 38.4 Å². The van der Waals surface area contributed by atoms with Gasteiger partial charge in [0.25, 0.3) is 0 Å². The molecule has 20 heavy (non-hydrogen) atoms. The zero-order valence-electron chi connectivity index (χ0n) is 12.1. The summed E-state index contributed by atoms with van der Waals surface area (Å²) in [5, 5.41) is 4.09. The number of hydrogen-bond acceptors (Lipinski definition) is 6. The lowest BCUT2D eigenvalue weighted by molar-refractivity contribution is 0.574. The summed E-state index contributed by atoms with van der Waals surface area (Å²) in [6.45, 7) is 6.80. The van der Waals surface area contributed by atoms with Crippen LogP contribution < -0.4 is 5.32 Å². The van der Waals surface area contributed by atoms with Gasteiger partial charge in [-0.05, 0) is 32.8 Å². The number of nitrogens with zero attached hydrogens (tertiary/aromatic N) is 2. The smallest absolute Gasteiger partial charge is 0.188 e. The van der Waals surface area contributed by atoms with Crippen molar-refractivity contribution in [2.75, 3.05) is 23.8 Å². The van der Waals surface area contributed by atoms with E-state index in [1.165, 1.54) is 0 Å². The highest BCUT2D eigenvalue weighted by molar-refractivity contribution is 7.99. The molecule has 1 N–H and O–H groups in total. The first-order valence-corrected chi connectivity index (χ1v) is 9.56. The molecule has 0 saturated carbocycles. The molecule has 1 saturated heterocycles. The lowest BCUT2D eigenvalue weighted by Crippen LogP contribution is -2.31. The van der Waals surface area contributed by atoms with Gasteiger partial charge >= 0.3 is 0 Å². The zero-order chi connectivity index (χ0) is 14.8.